The van der Waals surface area contributed by atoms with E-state index in [1.165, 1.54) is 0 Å². The van der Waals surface area contributed by atoms with E-state index in [0.717, 1.165) is 55.3 Å². The molecular formula is C11H20N4OS. The third-order valence-corrected chi connectivity index (χ3v) is 4.24. The SMILES string of the molecule is Cc1nnc(SCC2CCOCC2)n1CCN. The zero-order valence-corrected chi connectivity index (χ0v) is 11.1. The number of ether oxygens (including phenoxy) is 1. The van der Waals surface area contributed by atoms with Gasteiger partial charge in [-0.25, -0.2) is 0 Å². The van der Waals surface area contributed by atoms with Crippen molar-refractivity contribution < 1.29 is 4.74 Å². The summed E-state index contributed by atoms with van der Waals surface area (Å²) in [6.45, 7) is 5.21. The minimum absolute atomic E-state index is 0.629. The molecular weight excluding hydrogens is 236 g/mol. The average Bonchev–Trinajstić information content (AvgIpc) is 2.70. The molecule has 0 unspecified atom stereocenters. The Labute approximate surface area is 106 Å². The highest BCUT2D eigenvalue weighted by Gasteiger charge is 2.16. The van der Waals surface area contributed by atoms with Crippen LogP contribution in [0, 0.1) is 12.8 Å². The van der Waals surface area contributed by atoms with Gasteiger partial charge in [-0.1, -0.05) is 11.8 Å². The van der Waals surface area contributed by atoms with E-state index in [4.69, 9.17) is 10.5 Å². The van der Waals surface area contributed by atoms with Crippen LogP contribution >= 0.6 is 11.8 Å². The number of nitrogens with two attached hydrogens (primary N) is 1. The molecule has 0 atom stereocenters. The Balaban J connectivity index is 1.89. The molecule has 6 heteroatoms. The zero-order chi connectivity index (χ0) is 12.1. The van der Waals surface area contributed by atoms with Crippen LogP contribution in [-0.2, 0) is 11.3 Å². The van der Waals surface area contributed by atoms with Gasteiger partial charge in [0.15, 0.2) is 5.16 Å². The second kappa shape index (κ2) is 6.37. The fourth-order valence-electron chi connectivity index (χ4n) is 1.96. The van der Waals surface area contributed by atoms with Gasteiger partial charge in [-0.3, -0.25) is 0 Å². The first-order chi connectivity index (χ1) is 8.31. The minimum atomic E-state index is 0.629. The quantitative estimate of drug-likeness (QED) is 0.798. The molecule has 0 bridgehead atoms. The van der Waals surface area contributed by atoms with Gasteiger partial charge in [0.1, 0.15) is 5.82 Å². The Morgan fingerprint density at radius 2 is 2.18 bits per heavy atom. The maximum atomic E-state index is 5.59. The van der Waals surface area contributed by atoms with Crippen LogP contribution in [0.3, 0.4) is 0 Å². The van der Waals surface area contributed by atoms with E-state index >= 15 is 0 Å². The maximum absolute atomic E-state index is 5.59. The fraction of sp³-hybridized carbons (Fsp3) is 0.818. The lowest BCUT2D eigenvalue weighted by Crippen LogP contribution is -2.18. The molecule has 1 aromatic heterocycles. The Kier molecular flexibility index (Phi) is 4.82. The number of rotatable bonds is 5. The Hall–Kier alpha value is -0.590. The van der Waals surface area contributed by atoms with Crippen molar-refractivity contribution >= 4 is 11.8 Å². The van der Waals surface area contributed by atoms with Crippen LogP contribution in [0.2, 0.25) is 0 Å². The van der Waals surface area contributed by atoms with Crippen LogP contribution in [0.15, 0.2) is 5.16 Å². The summed E-state index contributed by atoms with van der Waals surface area (Å²) >= 11 is 1.79. The highest BCUT2D eigenvalue weighted by Crippen LogP contribution is 2.24. The second-order valence-corrected chi connectivity index (χ2v) is 5.32. The van der Waals surface area contributed by atoms with Gasteiger partial charge in [0, 0.05) is 32.1 Å². The van der Waals surface area contributed by atoms with Crippen LogP contribution in [0.25, 0.3) is 0 Å². The molecule has 2 rings (SSSR count). The highest BCUT2D eigenvalue weighted by atomic mass is 32.2. The zero-order valence-electron chi connectivity index (χ0n) is 10.3. The third kappa shape index (κ3) is 3.43. The third-order valence-electron chi connectivity index (χ3n) is 3.04. The van der Waals surface area contributed by atoms with E-state index < -0.39 is 0 Å². The van der Waals surface area contributed by atoms with Crippen molar-refractivity contribution in [2.75, 3.05) is 25.5 Å². The lowest BCUT2D eigenvalue weighted by molar-refractivity contribution is 0.0727. The molecule has 0 aliphatic carbocycles. The van der Waals surface area contributed by atoms with Gasteiger partial charge >= 0.3 is 0 Å². The summed E-state index contributed by atoms with van der Waals surface area (Å²) in [4.78, 5) is 0. The topological polar surface area (TPSA) is 66.0 Å². The second-order valence-electron chi connectivity index (χ2n) is 4.34. The number of aromatic nitrogens is 3. The molecule has 1 aliphatic rings. The van der Waals surface area contributed by atoms with Crippen molar-refractivity contribution in [3.63, 3.8) is 0 Å². The summed E-state index contributed by atoms with van der Waals surface area (Å²) in [5, 5.41) is 9.32. The van der Waals surface area contributed by atoms with Gasteiger partial charge in [0.25, 0.3) is 0 Å². The molecule has 0 amide bonds. The minimum Gasteiger partial charge on any atom is -0.381 e. The summed E-state index contributed by atoms with van der Waals surface area (Å²) in [5.41, 5.74) is 5.59. The molecule has 5 nitrogen and oxygen atoms in total. The molecule has 1 aliphatic heterocycles. The predicted octanol–water partition coefficient (Wildman–Crippen LogP) is 1.06. The van der Waals surface area contributed by atoms with Gasteiger partial charge in [-0.05, 0) is 25.7 Å². The van der Waals surface area contributed by atoms with Crippen LogP contribution < -0.4 is 5.73 Å². The summed E-state index contributed by atoms with van der Waals surface area (Å²) in [6.07, 6.45) is 2.33. The standard InChI is InChI=1S/C11H20N4OS/c1-9-13-14-11(15(9)5-4-12)17-8-10-2-6-16-7-3-10/h10H,2-8,12H2,1H3. The van der Waals surface area contributed by atoms with Crippen molar-refractivity contribution in [3.05, 3.63) is 5.82 Å². The summed E-state index contributed by atoms with van der Waals surface area (Å²) < 4.78 is 7.46. The Morgan fingerprint density at radius 3 is 2.88 bits per heavy atom. The van der Waals surface area contributed by atoms with Crippen molar-refractivity contribution in [2.24, 2.45) is 11.7 Å². The maximum Gasteiger partial charge on any atom is 0.191 e. The van der Waals surface area contributed by atoms with Gasteiger partial charge in [0.05, 0.1) is 0 Å². The Bertz CT molecular complexity index is 349. The normalized spacial score (nSPS) is 17.5. The summed E-state index contributed by atoms with van der Waals surface area (Å²) in [7, 11) is 0. The number of nitrogens with zero attached hydrogens (tertiary/aromatic N) is 3. The van der Waals surface area contributed by atoms with Crippen LogP contribution in [0.5, 0.6) is 0 Å². The van der Waals surface area contributed by atoms with Crippen molar-refractivity contribution in [1.82, 2.24) is 14.8 Å². The summed E-state index contributed by atoms with van der Waals surface area (Å²) in [6, 6.07) is 0. The first-order valence-electron chi connectivity index (χ1n) is 6.11. The number of thioether (sulfide) groups is 1. The average molecular weight is 256 g/mol. The molecule has 0 spiro atoms. The van der Waals surface area contributed by atoms with E-state index in [1.54, 1.807) is 11.8 Å². The largest absolute Gasteiger partial charge is 0.381 e. The van der Waals surface area contributed by atoms with Crippen molar-refractivity contribution in [2.45, 2.75) is 31.5 Å². The van der Waals surface area contributed by atoms with Gasteiger partial charge in [0.2, 0.25) is 0 Å². The van der Waals surface area contributed by atoms with Crippen LogP contribution in [0.4, 0.5) is 0 Å². The lowest BCUT2D eigenvalue weighted by atomic mass is 10.0. The monoisotopic (exact) mass is 256 g/mol. The molecule has 2 N–H and O–H groups in total. The highest BCUT2D eigenvalue weighted by molar-refractivity contribution is 7.99. The van der Waals surface area contributed by atoms with Gasteiger partial charge in [-0.2, -0.15) is 0 Å². The lowest BCUT2D eigenvalue weighted by Gasteiger charge is -2.21. The number of hydrogen-bond acceptors (Lipinski definition) is 5. The van der Waals surface area contributed by atoms with E-state index in [1.807, 2.05) is 6.92 Å². The first-order valence-corrected chi connectivity index (χ1v) is 7.10. The van der Waals surface area contributed by atoms with E-state index in [-0.39, 0.29) is 0 Å². The smallest absolute Gasteiger partial charge is 0.191 e. The van der Waals surface area contributed by atoms with E-state index in [0.29, 0.717) is 6.54 Å². The number of hydrogen-bond donors (Lipinski definition) is 1. The molecule has 1 aromatic rings. The molecule has 96 valence electrons. The van der Waals surface area contributed by atoms with Crippen molar-refractivity contribution in [3.8, 4) is 0 Å². The van der Waals surface area contributed by atoms with Gasteiger partial charge < -0.3 is 15.0 Å². The first kappa shape index (κ1) is 12.9. The molecule has 0 aromatic carbocycles. The molecule has 1 fully saturated rings. The van der Waals surface area contributed by atoms with E-state index in [9.17, 15) is 0 Å². The molecule has 1 saturated heterocycles. The molecule has 0 saturated carbocycles. The van der Waals surface area contributed by atoms with Crippen molar-refractivity contribution in [1.29, 1.82) is 0 Å². The number of aryl methyl sites for hydroxylation is 1. The molecule has 2 heterocycles. The molecule has 0 radical (unpaired) electrons. The summed E-state index contributed by atoms with van der Waals surface area (Å²) in [5.74, 6) is 2.80. The van der Waals surface area contributed by atoms with Crippen LogP contribution in [0.1, 0.15) is 18.7 Å². The van der Waals surface area contributed by atoms with E-state index in [2.05, 4.69) is 14.8 Å². The fourth-order valence-corrected chi connectivity index (χ4v) is 3.16. The Morgan fingerprint density at radius 1 is 1.41 bits per heavy atom. The predicted molar refractivity (Wildman–Crippen MR) is 68.1 cm³/mol. The van der Waals surface area contributed by atoms with Crippen LogP contribution in [-0.4, -0.2) is 40.3 Å². The molecule has 17 heavy (non-hydrogen) atoms. The van der Waals surface area contributed by atoms with Gasteiger partial charge in [-0.15, -0.1) is 10.2 Å².